The summed E-state index contributed by atoms with van der Waals surface area (Å²) < 4.78 is 0. The highest BCUT2D eigenvalue weighted by atomic mass is 79.9. The molecule has 0 aromatic heterocycles. The summed E-state index contributed by atoms with van der Waals surface area (Å²) in [7, 11) is 0. The van der Waals surface area contributed by atoms with E-state index in [1.165, 1.54) is 5.56 Å². The molecule has 1 atom stereocenters. The fourth-order valence-electron chi connectivity index (χ4n) is 1.63. The van der Waals surface area contributed by atoms with E-state index in [1.54, 1.807) is 0 Å². The summed E-state index contributed by atoms with van der Waals surface area (Å²) in [5.74, 6) is 0.589. The molecule has 1 unspecified atom stereocenters. The lowest BCUT2D eigenvalue weighted by Crippen LogP contribution is -2.01. The van der Waals surface area contributed by atoms with E-state index in [2.05, 4.69) is 48.0 Å². The molecular weight excluding hydrogens is 250 g/mol. The molecule has 0 aliphatic rings. The van der Waals surface area contributed by atoms with Crippen LogP contribution in [0.1, 0.15) is 37.3 Å². The van der Waals surface area contributed by atoms with E-state index >= 15 is 0 Å². The molecule has 0 amide bonds. The van der Waals surface area contributed by atoms with Gasteiger partial charge in [-0.25, -0.2) is 0 Å². The molecule has 0 bridgehead atoms. The minimum atomic E-state index is 0.0315. The van der Waals surface area contributed by atoms with Gasteiger partial charge in [-0.15, -0.1) is 0 Å². The van der Waals surface area contributed by atoms with Crippen molar-refractivity contribution >= 4 is 15.9 Å². The first-order valence-electron chi connectivity index (χ1n) is 5.21. The summed E-state index contributed by atoms with van der Waals surface area (Å²) in [5.41, 5.74) is 2.37. The van der Waals surface area contributed by atoms with E-state index in [1.807, 2.05) is 12.1 Å². The van der Waals surface area contributed by atoms with Crippen molar-refractivity contribution in [3.8, 4) is 6.07 Å². The topological polar surface area (TPSA) is 23.8 Å². The van der Waals surface area contributed by atoms with Crippen molar-refractivity contribution in [3.63, 3.8) is 0 Å². The predicted molar refractivity (Wildman–Crippen MR) is 66.9 cm³/mol. The van der Waals surface area contributed by atoms with Gasteiger partial charge in [0.25, 0.3) is 0 Å². The summed E-state index contributed by atoms with van der Waals surface area (Å²) in [6.07, 6.45) is 0.933. The van der Waals surface area contributed by atoms with E-state index in [4.69, 9.17) is 5.26 Å². The quantitative estimate of drug-likeness (QED) is 0.748. The first kappa shape index (κ1) is 12.3. The van der Waals surface area contributed by atoms with E-state index in [0.717, 1.165) is 17.3 Å². The van der Waals surface area contributed by atoms with Crippen LogP contribution in [0.2, 0.25) is 0 Å². The molecule has 1 rings (SSSR count). The smallest absolute Gasteiger partial charge is 0.0715 e. The van der Waals surface area contributed by atoms with Crippen LogP contribution < -0.4 is 0 Å². The van der Waals surface area contributed by atoms with E-state index in [0.29, 0.717) is 5.92 Å². The third-order valence-electron chi connectivity index (χ3n) is 2.37. The molecule has 2 heteroatoms. The largest absolute Gasteiger partial charge is 0.198 e. The van der Waals surface area contributed by atoms with E-state index in [9.17, 15) is 0 Å². The van der Waals surface area contributed by atoms with Crippen molar-refractivity contribution in [1.82, 2.24) is 0 Å². The Balaban J connectivity index is 2.87. The summed E-state index contributed by atoms with van der Waals surface area (Å²) >= 11 is 3.43. The van der Waals surface area contributed by atoms with Crippen molar-refractivity contribution in [2.45, 2.75) is 31.5 Å². The van der Waals surface area contributed by atoms with Crippen LogP contribution in [-0.2, 0) is 5.33 Å². The maximum Gasteiger partial charge on any atom is 0.0715 e. The molecular formula is C13H16BrN. The Morgan fingerprint density at radius 2 is 2.13 bits per heavy atom. The summed E-state index contributed by atoms with van der Waals surface area (Å²) in [5, 5.41) is 9.98. The van der Waals surface area contributed by atoms with Crippen LogP contribution in [0, 0.1) is 17.2 Å². The molecule has 1 nitrogen and oxygen atoms in total. The lowest BCUT2D eigenvalue weighted by molar-refractivity contribution is 0.555. The van der Waals surface area contributed by atoms with E-state index < -0.39 is 0 Å². The second-order valence-corrected chi connectivity index (χ2v) is 4.75. The van der Waals surface area contributed by atoms with Crippen LogP contribution in [0.5, 0.6) is 0 Å². The third-order valence-corrected chi connectivity index (χ3v) is 3.02. The number of alkyl halides is 1. The lowest BCUT2D eigenvalue weighted by atomic mass is 9.91. The van der Waals surface area contributed by atoms with E-state index in [-0.39, 0.29) is 5.92 Å². The van der Waals surface area contributed by atoms with Gasteiger partial charge in [-0.1, -0.05) is 54.0 Å². The Kier molecular flexibility index (Phi) is 4.84. The van der Waals surface area contributed by atoms with Crippen molar-refractivity contribution in [2.75, 3.05) is 0 Å². The van der Waals surface area contributed by atoms with Crippen LogP contribution in [0.3, 0.4) is 0 Å². The Labute approximate surface area is 100 Å². The fourth-order valence-corrected chi connectivity index (χ4v) is 1.98. The van der Waals surface area contributed by atoms with Crippen LogP contribution >= 0.6 is 15.9 Å². The van der Waals surface area contributed by atoms with Crippen LogP contribution in [0.25, 0.3) is 0 Å². The lowest BCUT2D eigenvalue weighted by Gasteiger charge is -2.12. The molecule has 0 heterocycles. The molecule has 0 aliphatic carbocycles. The fraction of sp³-hybridized carbons (Fsp3) is 0.462. The van der Waals surface area contributed by atoms with Gasteiger partial charge in [0.05, 0.1) is 12.0 Å². The average molecular weight is 266 g/mol. The van der Waals surface area contributed by atoms with Crippen molar-refractivity contribution < 1.29 is 0 Å². The van der Waals surface area contributed by atoms with Crippen LogP contribution in [-0.4, -0.2) is 0 Å². The van der Waals surface area contributed by atoms with Gasteiger partial charge in [0.2, 0.25) is 0 Å². The van der Waals surface area contributed by atoms with Gasteiger partial charge in [-0.3, -0.25) is 0 Å². The summed E-state index contributed by atoms with van der Waals surface area (Å²) in [6.45, 7) is 4.30. The van der Waals surface area contributed by atoms with Gasteiger partial charge < -0.3 is 0 Å². The minimum absolute atomic E-state index is 0.0315. The first-order chi connectivity index (χ1) is 7.17. The third kappa shape index (κ3) is 3.68. The number of hydrogen-bond donors (Lipinski definition) is 0. The monoisotopic (exact) mass is 265 g/mol. The number of halogens is 1. The molecule has 0 saturated carbocycles. The Hall–Kier alpha value is -0.810. The van der Waals surface area contributed by atoms with Crippen molar-refractivity contribution in [1.29, 1.82) is 5.26 Å². The molecule has 0 radical (unpaired) electrons. The van der Waals surface area contributed by atoms with Crippen LogP contribution in [0.4, 0.5) is 0 Å². The van der Waals surface area contributed by atoms with Gasteiger partial charge in [0.15, 0.2) is 0 Å². The van der Waals surface area contributed by atoms with Gasteiger partial charge in [-0.05, 0) is 23.5 Å². The standard InChI is InChI=1S/C13H16BrN/c1-10(2)6-13(9-15)12-5-3-4-11(7-12)8-14/h3-5,7,10,13H,6,8H2,1-2H3. The molecule has 1 aromatic rings. The molecule has 0 N–H and O–H groups in total. The van der Waals surface area contributed by atoms with Crippen molar-refractivity contribution in [3.05, 3.63) is 35.4 Å². The molecule has 0 fully saturated rings. The highest BCUT2D eigenvalue weighted by Crippen LogP contribution is 2.24. The highest BCUT2D eigenvalue weighted by molar-refractivity contribution is 9.08. The normalized spacial score (nSPS) is 12.5. The maximum absolute atomic E-state index is 9.13. The number of benzene rings is 1. The van der Waals surface area contributed by atoms with Crippen LogP contribution in [0.15, 0.2) is 24.3 Å². The highest BCUT2D eigenvalue weighted by Gasteiger charge is 2.12. The number of rotatable bonds is 4. The second kappa shape index (κ2) is 5.92. The van der Waals surface area contributed by atoms with Gasteiger partial charge in [0.1, 0.15) is 0 Å². The van der Waals surface area contributed by atoms with Gasteiger partial charge >= 0.3 is 0 Å². The average Bonchev–Trinajstić information content (AvgIpc) is 2.25. The number of hydrogen-bond acceptors (Lipinski definition) is 1. The molecule has 0 saturated heterocycles. The Bertz CT molecular complexity index is 352. The molecule has 0 aliphatic heterocycles. The van der Waals surface area contributed by atoms with Crippen molar-refractivity contribution in [2.24, 2.45) is 5.92 Å². The van der Waals surface area contributed by atoms with Gasteiger partial charge in [0, 0.05) is 5.33 Å². The molecule has 15 heavy (non-hydrogen) atoms. The Morgan fingerprint density at radius 1 is 1.40 bits per heavy atom. The zero-order valence-electron chi connectivity index (χ0n) is 9.20. The maximum atomic E-state index is 9.13. The zero-order chi connectivity index (χ0) is 11.3. The summed E-state index contributed by atoms with van der Waals surface area (Å²) in [4.78, 5) is 0. The molecule has 80 valence electrons. The molecule has 0 spiro atoms. The number of nitrogens with zero attached hydrogens (tertiary/aromatic N) is 1. The zero-order valence-corrected chi connectivity index (χ0v) is 10.8. The second-order valence-electron chi connectivity index (χ2n) is 4.19. The predicted octanol–water partition coefficient (Wildman–Crippen LogP) is 4.23. The SMILES string of the molecule is CC(C)CC(C#N)c1cccc(CBr)c1. The Morgan fingerprint density at radius 3 is 2.67 bits per heavy atom. The summed E-state index contributed by atoms with van der Waals surface area (Å²) in [6, 6.07) is 10.6. The molecule has 1 aromatic carbocycles. The first-order valence-corrected chi connectivity index (χ1v) is 6.34. The number of nitriles is 1. The van der Waals surface area contributed by atoms with Gasteiger partial charge in [-0.2, -0.15) is 5.26 Å². The minimum Gasteiger partial charge on any atom is -0.198 e.